The van der Waals surface area contributed by atoms with Gasteiger partial charge in [0.05, 0.1) is 0 Å². The maximum atomic E-state index is 11.6. The number of amides is 1. The Morgan fingerprint density at radius 3 is 2.67 bits per heavy atom. The van der Waals surface area contributed by atoms with Gasteiger partial charge in [-0.25, -0.2) is 9.97 Å². The minimum Gasteiger partial charge on any atom is -0.369 e. The van der Waals surface area contributed by atoms with Crippen molar-refractivity contribution in [3.05, 3.63) is 16.5 Å². The monoisotopic (exact) mass is 312 g/mol. The lowest BCUT2D eigenvalue weighted by Crippen LogP contribution is -2.28. The molecule has 0 aliphatic rings. The first-order valence-corrected chi connectivity index (χ1v) is 7.85. The Morgan fingerprint density at radius 1 is 1.33 bits per heavy atom. The summed E-state index contributed by atoms with van der Waals surface area (Å²) in [6, 6.07) is 0. The van der Waals surface area contributed by atoms with E-state index in [1.165, 1.54) is 0 Å². The van der Waals surface area contributed by atoms with Gasteiger partial charge in [-0.05, 0) is 19.3 Å². The number of nitrogens with zero attached hydrogens (tertiary/aromatic N) is 2. The molecule has 1 aromatic rings. The Kier molecular flexibility index (Phi) is 7.43. The molecule has 0 unspecified atom stereocenters. The molecular weight excluding hydrogens is 288 g/mol. The summed E-state index contributed by atoms with van der Waals surface area (Å²) in [5, 5.41) is 6.54. The third-order valence-electron chi connectivity index (χ3n) is 2.96. The van der Waals surface area contributed by atoms with Gasteiger partial charge in [0.2, 0.25) is 5.91 Å². The van der Waals surface area contributed by atoms with Crippen LogP contribution in [0.4, 0.5) is 5.82 Å². The molecule has 2 N–H and O–H groups in total. The molecule has 21 heavy (non-hydrogen) atoms. The quantitative estimate of drug-likeness (QED) is 0.724. The predicted octanol–water partition coefficient (Wildman–Crippen LogP) is 2.97. The molecule has 0 atom stereocenters. The van der Waals surface area contributed by atoms with Gasteiger partial charge in [-0.1, -0.05) is 32.4 Å². The summed E-state index contributed by atoms with van der Waals surface area (Å²) in [5.41, 5.74) is 0.819. The van der Waals surface area contributed by atoms with Crippen molar-refractivity contribution in [3.8, 4) is 0 Å². The number of carbonyl (C=O) groups excluding carboxylic acids is 1. The first-order chi connectivity index (χ1) is 9.93. The number of hydrogen-bond acceptors (Lipinski definition) is 4. The van der Waals surface area contributed by atoms with E-state index < -0.39 is 0 Å². The standard InChI is InChI=1S/C15H25ClN4O/c1-5-6-12-19-14(16)11(4)15(20-12)17-8-7-13(21)18-9-10(2)3/h10H,5-9H2,1-4H3,(H,18,21)(H,17,19,20). The fourth-order valence-corrected chi connectivity index (χ4v) is 1.93. The van der Waals surface area contributed by atoms with Gasteiger partial charge in [0.15, 0.2) is 0 Å². The fraction of sp³-hybridized carbons (Fsp3) is 0.667. The molecule has 118 valence electrons. The van der Waals surface area contributed by atoms with E-state index in [-0.39, 0.29) is 5.91 Å². The van der Waals surface area contributed by atoms with Crippen LogP contribution in [0.3, 0.4) is 0 Å². The van der Waals surface area contributed by atoms with Crippen LogP contribution in [0.25, 0.3) is 0 Å². The topological polar surface area (TPSA) is 66.9 Å². The Balaban J connectivity index is 2.53. The first-order valence-electron chi connectivity index (χ1n) is 7.47. The van der Waals surface area contributed by atoms with Crippen molar-refractivity contribution < 1.29 is 4.79 Å². The van der Waals surface area contributed by atoms with Crippen LogP contribution in [0.5, 0.6) is 0 Å². The molecular formula is C15H25ClN4O. The smallest absolute Gasteiger partial charge is 0.221 e. The van der Waals surface area contributed by atoms with Crippen molar-refractivity contribution >= 4 is 23.3 Å². The van der Waals surface area contributed by atoms with Crippen molar-refractivity contribution in [2.75, 3.05) is 18.4 Å². The number of anilines is 1. The molecule has 0 fully saturated rings. The van der Waals surface area contributed by atoms with Crippen LogP contribution in [0.1, 0.15) is 45.0 Å². The van der Waals surface area contributed by atoms with E-state index >= 15 is 0 Å². The molecule has 0 aromatic carbocycles. The molecule has 0 radical (unpaired) electrons. The van der Waals surface area contributed by atoms with E-state index in [9.17, 15) is 4.79 Å². The molecule has 0 spiro atoms. The van der Waals surface area contributed by atoms with E-state index in [4.69, 9.17) is 11.6 Å². The van der Waals surface area contributed by atoms with Crippen LogP contribution in [0, 0.1) is 12.8 Å². The second-order valence-electron chi connectivity index (χ2n) is 5.53. The summed E-state index contributed by atoms with van der Waals surface area (Å²) in [4.78, 5) is 20.4. The third-order valence-corrected chi connectivity index (χ3v) is 3.33. The summed E-state index contributed by atoms with van der Waals surface area (Å²) in [7, 11) is 0. The van der Waals surface area contributed by atoms with Gasteiger partial charge in [-0.3, -0.25) is 4.79 Å². The van der Waals surface area contributed by atoms with E-state index in [0.717, 1.165) is 30.0 Å². The summed E-state index contributed by atoms with van der Waals surface area (Å²) in [6.45, 7) is 9.32. The van der Waals surface area contributed by atoms with Crippen molar-refractivity contribution in [1.82, 2.24) is 15.3 Å². The highest BCUT2D eigenvalue weighted by Gasteiger charge is 2.09. The molecule has 6 heteroatoms. The van der Waals surface area contributed by atoms with Gasteiger partial charge in [0.25, 0.3) is 0 Å². The Bertz CT molecular complexity index is 477. The molecule has 1 aromatic heterocycles. The zero-order valence-corrected chi connectivity index (χ0v) is 14.0. The largest absolute Gasteiger partial charge is 0.369 e. The number of nitrogens with one attached hydrogen (secondary N) is 2. The van der Waals surface area contributed by atoms with Crippen LogP contribution in [0.15, 0.2) is 0 Å². The van der Waals surface area contributed by atoms with Crippen LogP contribution < -0.4 is 10.6 Å². The van der Waals surface area contributed by atoms with Crippen LogP contribution >= 0.6 is 11.6 Å². The van der Waals surface area contributed by atoms with E-state index in [1.54, 1.807) is 0 Å². The molecule has 0 aliphatic carbocycles. The van der Waals surface area contributed by atoms with Crippen molar-refractivity contribution in [2.45, 2.75) is 47.0 Å². The van der Waals surface area contributed by atoms with Gasteiger partial charge in [0, 0.05) is 31.5 Å². The van der Waals surface area contributed by atoms with E-state index in [0.29, 0.717) is 30.6 Å². The van der Waals surface area contributed by atoms with E-state index in [2.05, 4.69) is 41.4 Å². The zero-order chi connectivity index (χ0) is 15.8. The molecule has 0 bridgehead atoms. The van der Waals surface area contributed by atoms with Crippen molar-refractivity contribution in [2.24, 2.45) is 5.92 Å². The first kappa shape index (κ1) is 17.7. The SMILES string of the molecule is CCCc1nc(Cl)c(C)c(NCCC(=O)NCC(C)C)n1. The maximum absolute atomic E-state index is 11.6. The number of hydrogen-bond donors (Lipinski definition) is 2. The normalized spacial score (nSPS) is 10.8. The number of rotatable bonds is 8. The lowest BCUT2D eigenvalue weighted by molar-refractivity contribution is -0.120. The maximum Gasteiger partial charge on any atom is 0.221 e. The average Bonchev–Trinajstić information content (AvgIpc) is 2.42. The van der Waals surface area contributed by atoms with Gasteiger partial charge in [0.1, 0.15) is 16.8 Å². The Hall–Kier alpha value is -1.36. The van der Waals surface area contributed by atoms with Crippen LogP contribution in [-0.4, -0.2) is 29.0 Å². The Morgan fingerprint density at radius 2 is 2.05 bits per heavy atom. The minimum atomic E-state index is 0.0442. The van der Waals surface area contributed by atoms with Gasteiger partial charge in [-0.2, -0.15) is 0 Å². The predicted molar refractivity (Wildman–Crippen MR) is 86.7 cm³/mol. The highest BCUT2D eigenvalue weighted by molar-refractivity contribution is 6.30. The lowest BCUT2D eigenvalue weighted by Gasteiger charge is -2.12. The van der Waals surface area contributed by atoms with Gasteiger partial charge < -0.3 is 10.6 Å². The number of aryl methyl sites for hydroxylation is 1. The summed E-state index contributed by atoms with van der Waals surface area (Å²) >= 11 is 6.11. The molecule has 0 saturated heterocycles. The Labute approximate surface area is 131 Å². The highest BCUT2D eigenvalue weighted by Crippen LogP contribution is 2.20. The number of halogens is 1. The van der Waals surface area contributed by atoms with Crippen molar-refractivity contribution in [3.63, 3.8) is 0 Å². The molecule has 1 amide bonds. The summed E-state index contributed by atoms with van der Waals surface area (Å²) in [5.74, 6) is 1.96. The van der Waals surface area contributed by atoms with Crippen molar-refractivity contribution in [1.29, 1.82) is 0 Å². The minimum absolute atomic E-state index is 0.0442. The number of carbonyl (C=O) groups is 1. The molecule has 5 nitrogen and oxygen atoms in total. The molecule has 1 heterocycles. The second kappa shape index (κ2) is 8.82. The zero-order valence-electron chi connectivity index (χ0n) is 13.3. The number of aromatic nitrogens is 2. The highest BCUT2D eigenvalue weighted by atomic mass is 35.5. The van der Waals surface area contributed by atoms with Crippen LogP contribution in [0.2, 0.25) is 5.15 Å². The van der Waals surface area contributed by atoms with E-state index in [1.807, 2.05) is 6.92 Å². The third kappa shape index (κ3) is 6.29. The molecule has 0 saturated carbocycles. The fourth-order valence-electron chi connectivity index (χ4n) is 1.74. The van der Waals surface area contributed by atoms with Gasteiger partial charge in [-0.15, -0.1) is 0 Å². The average molecular weight is 313 g/mol. The summed E-state index contributed by atoms with van der Waals surface area (Å²) < 4.78 is 0. The lowest BCUT2D eigenvalue weighted by atomic mass is 10.2. The van der Waals surface area contributed by atoms with Crippen LogP contribution in [-0.2, 0) is 11.2 Å². The summed E-state index contributed by atoms with van der Waals surface area (Å²) in [6.07, 6.45) is 2.18. The second-order valence-corrected chi connectivity index (χ2v) is 5.89. The molecule has 1 rings (SSSR count). The molecule has 0 aliphatic heterocycles. The van der Waals surface area contributed by atoms with Gasteiger partial charge >= 0.3 is 0 Å².